The maximum atomic E-state index is 10.7. The third kappa shape index (κ3) is 2.47. The van der Waals surface area contributed by atoms with Crippen LogP contribution in [0, 0.1) is 5.92 Å². The maximum absolute atomic E-state index is 10.7. The molecule has 1 N–H and O–H groups in total. The van der Waals surface area contributed by atoms with E-state index in [9.17, 15) is 5.11 Å². The molecule has 1 aromatic carbocycles. The van der Waals surface area contributed by atoms with E-state index in [0.717, 1.165) is 19.3 Å². The Balaban J connectivity index is 2.13. The molecular formula is C17H26O. The van der Waals surface area contributed by atoms with E-state index in [-0.39, 0.29) is 11.5 Å². The smallest absolute Gasteiger partial charge is 0.0639 e. The molecule has 1 saturated carbocycles. The Bertz CT molecular complexity index is 349. The summed E-state index contributed by atoms with van der Waals surface area (Å²) in [5.74, 6) is 0.668. The Kier molecular flexibility index (Phi) is 4.45. The predicted octanol–water partition coefficient (Wildman–Crippen LogP) is 4.30. The molecule has 1 nitrogen and oxygen atoms in total. The second kappa shape index (κ2) is 5.88. The predicted molar refractivity (Wildman–Crippen MR) is 76.7 cm³/mol. The van der Waals surface area contributed by atoms with Gasteiger partial charge in [0.2, 0.25) is 0 Å². The van der Waals surface area contributed by atoms with E-state index in [0.29, 0.717) is 5.92 Å². The summed E-state index contributed by atoms with van der Waals surface area (Å²) in [5, 5.41) is 10.7. The molecule has 0 heterocycles. The van der Waals surface area contributed by atoms with E-state index in [1.165, 1.54) is 24.8 Å². The highest BCUT2D eigenvalue weighted by molar-refractivity contribution is 5.29. The van der Waals surface area contributed by atoms with Crippen molar-refractivity contribution in [3.8, 4) is 0 Å². The van der Waals surface area contributed by atoms with Crippen LogP contribution in [0.3, 0.4) is 0 Å². The molecule has 0 spiro atoms. The van der Waals surface area contributed by atoms with Gasteiger partial charge in [-0.15, -0.1) is 0 Å². The minimum absolute atomic E-state index is 0.0594. The van der Waals surface area contributed by atoms with Crippen LogP contribution in [0.2, 0.25) is 0 Å². The normalized spacial score (nSPS) is 19.6. The number of aliphatic hydroxyl groups excluding tert-OH is 1. The number of aliphatic hydroxyl groups is 1. The topological polar surface area (TPSA) is 20.2 Å². The zero-order chi connectivity index (χ0) is 13.0. The van der Waals surface area contributed by atoms with Crippen LogP contribution in [-0.2, 0) is 5.41 Å². The van der Waals surface area contributed by atoms with Gasteiger partial charge in [-0.3, -0.25) is 0 Å². The van der Waals surface area contributed by atoms with Gasteiger partial charge >= 0.3 is 0 Å². The highest BCUT2D eigenvalue weighted by Crippen LogP contribution is 2.48. The second-order valence-corrected chi connectivity index (χ2v) is 5.81. The third-order valence-corrected chi connectivity index (χ3v) is 4.94. The Morgan fingerprint density at radius 2 is 1.72 bits per heavy atom. The van der Waals surface area contributed by atoms with Crippen molar-refractivity contribution in [3.05, 3.63) is 35.9 Å². The average Bonchev–Trinajstić information content (AvgIpc) is 2.36. The van der Waals surface area contributed by atoms with E-state index < -0.39 is 0 Å². The molecule has 100 valence electrons. The van der Waals surface area contributed by atoms with Crippen molar-refractivity contribution in [1.82, 2.24) is 0 Å². The summed E-state index contributed by atoms with van der Waals surface area (Å²) >= 11 is 0. The molecule has 1 unspecified atom stereocenters. The van der Waals surface area contributed by atoms with Crippen molar-refractivity contribution in [3.63, 3.8) is 0 Å². The molecule has 0 amide bonds. The van der Waals surface area contributed by atoms with Gasteiger partial charge in [-0.1, -0.05) is 63.4 Å². The van der Waals surface area contributed by atoms with Gasteiger partial charge < -0.3 is 5.11 Å². The van der Waals surface area contributed by atoms with Crippen LogP contribution in [-0.4, -0.2) is 11.2 Å². The molecule has 1 heteroatoms. The lowest BCUT2D eigenvalue weighted by atomic mass is 9.59. The lowest BCUT2D eigenvalue weighted by Gasteiger charge is -2.47. The van der Waals surface area contributed by atoms with Gasteiger partial charge in [-0.05, 0) is 30.7 Å². The minimum Gasteiger partial charge on any atom is -0.392 e. The van der Waals surface area contributed by atoms with E-state index >= 15 is 0 Å². The maximum Gasteiger partial charge on any atom is 0.0639 e. The van der Waals surface area contributed by atoms with Crippen LogP contribution in [0.1, 0.15) is 57.9 Å². The Morgan fingerprint density at radius 1 is 1.11 bits per heavy atom. The minimum atomic E-state index is -0.168. The molecule has 1 atom stereocenters. The Hall–Kier alpha value is -0.820. The summed E-state index contributed by atoms with van der Waals surface area (Å²) < 4.78 is 0. The average molecular weight is 246 g/mol. The number of hydrogen-bond donors (Lipinski definition) is 1. The summed E-state index contributed by atoms with van der Waals surface area (Å²) in [7, 11) is 0. The van der Waals surface area contributed by atoms with Crippen molar-refractivity contribution in [1.29, 1.82) is 0 Å². The van der Waals surface area contributed by atoms with E-state index in [1.54, 1.807) is 0 Å². The SMILES string of the molecule is CCC(CC)CC(O)C1(c2ccccc2)CCC1. The first kappa shape index (κ1) is 13.6. The third-order valence-electron chi connectivity index (χ3n) is 4.94. The monoisotopic (exact) mass is 246 g/mol. The van der Waals surface area contributed by atoms with Crippen LogP contribution in [0.15, 0.2) is 30.3 Å². The van der Waals surface area contributed by atoms with E-state index in [4.69, 9.17) is 0 Å². The van der Waals surface area contributed by atoms with Gasteiger partial charge in [0.15, 0.2) is 0 Å². The van der Waals surface area contributed by atoms with Crippen LogP contribution in [0.25, 0.3) is 0 Å². The largest absolute Gasteiger partial charge is 0.392 e. The first-order valence-electron chi connectivity index (χ1n) is 7.46. The molecule has 1 fully saturated rings. The Morgan fingerprint density at radius 3 is 2.17 bits per heavy atom. The van der Waals surface area contributed by atoms with Crippen molar-refractivity contribution in [2.24, 2.45) is 5.92 Å². The fraction of sp³-hybridized carbons (Fsp3) is 0.647. The lowest BCUT2D eigenvalue weighted by Crippen LogP contribution is -2.46. The molecular weight excluding hydrogens is 220 g/mol. The molecule has 18 heavy (non-hydrogen) atoms. The Labute approximate surface area is 111 Å². The summed E-state index contributed by atoms with van der Waals surface area (Å²) in [6.45, 7) is 4.47. The number of rotatable bonds is 6. The van der Waals surface area contributed by atoms with Crippen LogP contribution in [0.5, 0.6) is 0 Å². The highest BCUT2D eigenvalue weighted by Gasteiger charge is 2.44. The van der Waals surface area contributed by atoms with Gasteiger partial charge in [0.05, 0.1) is 6.10 Å². The van der Waals surface area contributed by atoms with Gasteiger partial charge in [-0.2, -0.15) is 0 Å². The van der Waals surface area contributed by atoms with Gasteiger partial charge in [-0.25, -0.2) is 0 Å². The van der Waals surface area contributed by atoms with Gasteiger partial charge in [0, 0.05) is 5.41 Å². The van der Waals surface area contributed by atoms with Gasteiger partial charge in [0.1, 0.15) is 0 Å². The van der Waals surface area contributed by atoms with Crippen molar-refractivity contribution >= 4 is 0 Å². The molecule has 0 aliphatic heterocycles. The zero-order valence-electron chi connectivity index (χ0n) is 11.7. The summed E-state index contributed by atoms with van der Waals surface area (Å²) in [4.78, 5) is 0. The van der Waals surface area contributed by atoms with Crippen molar-refractivity contribution in [2.45, 2.75) is 63.9 Å². The van der Waals surface area contributed by atoms with Crippen LogP contribution < -0.4 is 0 Å². The summed E-state index contributed by atoms with van der Waals surface area (Å²) in [5.41, 5.74) is 1.40. The first-order chi connectivity index (χ1) is 8.73. The van der Waals surface area contributed by atoms with E-state index in [2.05, 4.69) is 44.2 Å². The van der Waals surface area contributed by atoms with Crippen LogP contribution in [0.4, 0.5) is 0 Å². The molecule has 1 aliphatic rings. The highest BCUT2D eigenvalue weighted by atomic mass is 16.3. The van der Waals surface area contributed by atoms with Crippen molar-refractivity contribution < 1.29 is 5.11 Å². The summed E-state index contributed by atoms with van der Waals surface area (Å²) in [6, 6.07) is 10.6. The quantitative estimate of drug-likeness (QED) is 0.793. The molecule has 0 saturated heterocycles. The second-order valence-electron chi connectivity index (χ2n) is 5.81. The van der Waals surface area contributed by atoms with Crippen LogP contribution >= 0.6 is 0 Å². The molecule has 0 bridgehead atoms. The zero-order valence-corrected chi connectivity index (χ0v) is 11.7. The molecule has 1 aromatic rings. The van der Waals surface area contributed by atoms with Crippen molar-refractivity contribution in [2.75, 3.05) is 0 Å². The number of hydrogen-bond acceptors (Lipinski definition) is 1. The number of benzene rings is 1. The fourth-order valence-corrected chi connectivity index (χ4v) is 3.31. The fourth-order valence-electron chi connectivity index (χ4n) is 3.31. The molecule has 0 aromatic heterocycles. The molecule has 1 aliphatic carbocycles. The van der Waals surface area contributed by atoms with E-state index in [1.807, 2.05) is 0 Å². The molecule has 0 radical (unpaired) electrons. The molecule has 2 rings (SSSR count). The standard InChI is InChI=1S/C17H26O/c1-3-14(4-2)13-16(18)17(11-8-12-17)15-9-6-5-7-10-15/h5-7,9-10,14,16,18H,3-4,8,11-13H2,1-2H3. The lowest BCUT2D eigenvalue weighted by molar-refractivity contribution is 0.0100. The first-order valence-corrected chi connectivity index (χ1v) is 7.46. The summed E-state index contributed by atoms with van der Waals surface area (Å²) in [6.07, 6.45) is 6.71. The van der Waals surface area contributed by atoms with Gasteiger partial charge in [0.25, 0.3) is 0 Å².